The van der Waals surface area contributed by atoms with Gasteiger partial charge < -0.3 is 15.5 Å². The Morgan fingerprint density at radius 1 is 1.15 bits per heavy atom. The van der Waals surface area contributed by atoms with E-state index in [1.165, 1.54) is 38.5 Å². The van der Waals surface area contributed by atoms with Crippen molar-refractivity contribution in [3.8, 4) is 0 Å². The van der Waals surface area contributed by atoms with Crippen LogP contribution < -0.4 is 10.6 Å². The van der Waals surface area contributed by atoms with Crippen LogP contribution in [-0.4, -0.2) is 42.6 Å². The predicted octanol–water partition coefficient (Wildman–Crippen LogP) is 1.96. The molecule has 5 fully saturated rings. The van der Waals surface area contributed by atoms with E-state index in [9.17, 15) is 4.79 Å². The van der Waals surface area contributed by atoms with E-state index in [-0.39, 0.29) is 11.6 Å². The molecule has 4 bridgehead atoms. The van der Waals surface area contributed by atoms with Crippen LogP contribution in [-0.2, 0) is 0 Å². The molecule has 5 rings (SSSR count). The molecule has 4 nitrogen and oxygen atoms in total. The van der Waals surface area contributed by atoms with Gasteiger partial charge in [-0.1, -0.05) is 0 Å². The van der Waals surface area contributed by atoms with Gasteiger partial charge in [0.25, 0.3) is 0 Å². The summed E-state index contributed by atoms with van der Waals surface area (Å²) in [4.78, 5) is 14.5. The third-order valence-electron chi connectivity index (χ3n) is 6.31. The lowest BCUT2D eigenvalue weighted by Gasteiger charge is -2.57. The fraction of sp³-hybridized carbons (Fsp3) is 0.938. The first kappa shape index (κ1) is 12.9. The van der Waals surface area contributed by atoms with Gasteiger partial charge in [0.1, 0.15) is 0 Å². The average Bonchev–Trinajstić information content (AvgIpc) is 2.89. The minimum atomic E-state index is 0.145. The molecule has 2 amide bonds. The van der Waals surface area contributed by atoms with Crippen molar-refractivity contribution in [1.82, 2.24) is 15.5 Å². The van der Waals surface area contributed by atoms with Gasteiger partial charge in [-0.25, -0.2) is 4.79 Å². The zero-order valence-electron chi connectivity index (χ0n) is 12.5. The maximum absolute atomic E-state index is 12.6. The highest BCUT2D eigenvalue weighted by atomic mass is 16.2. The summed E-state index contributed by atoms with van der Waals surface area (Å²) in [5.41, 5.74) is 0.145. The zero-order chi connectivity index (χ0) is 13.7. The van der Waals surface area contributed by atoms with E-state index >= 15 is 0 Å². The lowest BCUT2D eigenvalue weighted by Crippen LogP contribution is -2.62. The molecule has 4 saturated carbocycles. The summed E-state index contributed by atoms with van der Waals surface area (Å²) in [6, 6.07) is 0.546. The molecule has 0 aromatic heterocycles. The summed E-state index contributed by atoms with van der Waals surface area (Å²) in [6.45, 7) is 1.99. The monoisotopic (exact) mass is 277 g/mol. The van der Waals surface area contributed by atoms with Gasteiger partial charge in [0.15, 0.2) is 0 Å². The number of urea groups is 1. The molecule has 0 aromatic carbocycles. The summed E-state index contributed by atoms with van der Waals surface area (Å²) in [7, 11) is 1.97. The van der Waals surface area contributed by atoms with E-state index in [1.54, 1.807) is 0 Å². The Morgan fingerprint density at radius 2 is 1.75 bits per heavy atom. The van der Waals surface area contributed by atoms with Crippen molar-refractivity contribution in [2.75, 3.05) is 20.1 Å². The Labute approximate surface area is 121 Å². The molecule has 0 spiro atoms. The van der Waals surface area contributed by atoms with Gasteiger partial charge in [-0.05, 0) is 69.2 Å². The number of likely N-dealkylation sites (N-methyl/N-ethyl adjacent to an activating group) is 1. The van der Waals surface area contributed by atoms with Crippen LogP contribution in [0.1, 0.15) is 44.9 Å². The van der Waals surface area contributed by atoms with Crippen LogP contribution in [0.15, 0.2) is 0 Å². The largest absolute Gasteiger partial charge is 0.333 e. The summed E-state index contributed by atoms with van der Waals surface area (Å²) in [5.74, 6) is 2.67. The highest BCUT2D eigenvalue weighted by Crippen LogP contribution is 2.55. The van der Waals surface area contributed by atoms with Gasteiger partial charge in [-0.15, -0.1) is 0 Å². The highest BCUT2D eigenvalue weighted by Gasteiger charge is 2.51. The van der Waals surface area contributed by atoms with Crippen molar-refractivity contribution in [3.05, 3.63) is 0 Å². The van der Waals surface area contributed by atoms with E-state index in [0.717, 1.165) is 37.3 Å². The molecule has 1 saturated heterocycles. The Kier molecular flexibility index (Phi) is 2.99. The number of hydrogen-bond donors (Lipinski definition) is 2. The molecule has 20 heavy (non-hydrogen) atoms. The van der Waals surface area contributed by atoms with Crippen LogP contribution in [0.2, 0.25) is 0 Å². The standard InChI is InChI=1S/C16H27N3O/c1-19(14-2-3-17-10-14)15(20)18-16-7-11-4-12(8-16)6-13(5-11)9-16/h11-14,17H,2-10H2,1H3,(H,18,20). The second-order valence-corrected chi connectivity index (χ2v) is 7.89. The average molecular weight is 277 g/mol. The number of nitrogens with zero attached hydrogens (tertiary/aromatic N) is 1. The van der Waals surface area contributed by atoms with E-state index in [0.29, 0.717) is 6.04 Å². The molecular formula is C16H27N3O. The smallest absolute Gasteiger partial charge is 0.317 e. The summed E-state index contributed by atoms with van der Waals surface area (Å²) < 4.78 is 0. The van der Waals surface area contributed by atoms with Gasteiger partial charge in [-0.3, -0.25) is 0 Å². The van der Waals surface area contributed by atoms with Crippen molar-refractivity contribution in [3.63, 3.8) is 0 Å². The van der Waals surface area contributed by atoms with E-state index < -0.39 is 0 Å². The normalized spacial score (nSPS) is 45.6. The Bertz CT molecular complexity index is 367. The molecule has 112 valence electrons. The lowest BCUT2D eigenvalue weighted by atomic mass is 9.53. The summed E-state index contributed by atoms with van der Waals surface area (Å²) in [5, 5.41) is 6.81. The molecule has 1 heterocycles. The lowest BCUT2D eigenvalue weighted by molar-refractivity contribution is -0.0157. The van der Waals surface area contributed by atoms with E-state index in [2.05, 4.69) is 10.6 Å². The minimum Gasteiger partial charge on any atom is -0.333 e. The molecule has 0 aromatic rings. The van der Waals surface area contributed by atoms with Crippen molar-refractivity contribution in [2.45, 2.75) is 56.5 Å². The molecular weight excluding hydrogens is 250 g/mol. The second-order valence-electron chi connectivity index (χ2n) is 7.89. The van der Waals surface area contributed by atoms with E-state index in [4.69, 9.17) is 0 Å². The van der Waals surface area contributed by atoms with Gasteiger partial charge in [0.05, 0.1) is 0 Å². The Morgan fingerprint density at radius 3 is 2.25 bits per heavy atom. The number of rotatable bonds is 2. The quantitative estimate of drug-likeness (QED) is 0.810. The molecule has 1 atom stereocenters. The molecule has 1 unspecified atom stereocenters. The predicted molar refractivity (Wildman–Crippen MR) is 78.5 cm³/mol. The number of amides is 2. The van der Waals surface area contributed by atoms with Gasteiger partial charge in [0, 0.05) is 25.2 Å². The van der Waals surface area contributed by atoms with Gasteiger partial charge in [0.2, 0.25) is 0 Å². The van der Waals surface area contributed by atoms with Gasteiger partial charge >= 0.3 is 6.03 Å². The Hall–Kier alpha value is -0.770. The van der Waals surface area contributed by atoms with Crippen molar-refractivity contribution in [2.24, 2.45) is 17.8 Å². The minimum absolute atomic E-state index is 0.145. The van der Waals surface area contributed by atoms with E-state index in [1.807, 2.05) is 11.9 Å². The number of hydrogen-bond acceptors (Lipinski definition) is 2. The van der Waals surface area contributed by atoms with Crippen LogP contribution in [0.25, 0.3) is 0 Å². The Balaban J connectivity index is 1.44. The highest BCUT2D eigenvalue weighted by molar-refractivity contribution is 5.75. The summed E-state index contributed by atoms with van der Waals surface area (Å²) >= 11 is 0. The van der Waals surface area contributed by atoms with Crippen molar-refractivity contribution < 1.29 is 4.79 Å². The van der Waals surface area contributed by atoms with Crippen LogP contribution in [0.3, 0.4) is 0 Å². The fourth-order valence-corrected chi connectivity index (χ4v) is 5.71. The first-order valence-electron chi connectivity index (χ1n) is 8.39. The summed E-state index contributed by atoms with van der Waals surface area (Å²) in [6.07, 6.45) is 9.09. The number of nitrogens with one attached hydrogen (secondary N) is 2. The number of carbonyl (C=O) groups is 1. The number of carbonyl (C=O) groups excluding carboxylic acids is 1. The second kappa shape index (κ2) is 4.62. The zero-order valence-corrected chi connectivity index (χ0v) is 12.5. The molecule has 1 aliphatic heterocycles. The first-order valence-corrected chi connectivity index (χ1v) is 8.39. The third-order valence-corrected chi connectivity index (χ3v) is 6.31. The molecule has 4 aliphatic carbocycles. The van der Waals surface area contributed by atoms with Gasteiger partial charge in [-0.2, -0.15) is 0 Å². The fourth-order valence-electron chi connectivity index (χ4n) is 5.71. The molecule has 0 radical (unpaired) electrons. The van der Waals surface area contributed by atoms with Crippen LogP contribution in [0, 0.1) is 17.8 Å². The first-order chi connectivity index (χ1) is 9.63. The maximum Gasteiger partial charge on any atom is 0.317 e. The van der Waals surface area contributed by atoms with Crippen LogP contribution in [0.4, 0.5) is 4.79 Å². The van der Waals surface area contributed by atoms with Crippen LogP contribution >= 0.6 is 0 Å². The van der Waals surface area contributed by atoms with Crippen molar-refractivity contribution in [1.29, 1.82) is 0 Å². The molecule has 5 aliphatic rings. The van der Waals surface area contributed by atoms with Crippen LogP contribution in [0.5, 0.6) is 0 Å². The third kappa shape index (κ3) is 2.12. The van der Waals surface area contributed by atoms with Crippen molar-refractivity contribution >= 4 is 6.03 Å². The topological polar surface area (TPSA) is 44.4 Å². The molecule has 4 heteroatoms. The molecule has 2 N–H and O–H groups in total. The maximum atomic E-state index is 12.6. The SMILES string of the molecule is CN(C(=O)NC12CC3CC(CC(C3)C1)C2)C1CCNC1.